The molecule has 0 saturated carbocycles. The van der Waals surface area contributed by atoms with E-state index in [1.807, 2.05) is 0 Å². The third kappa shape index (κ3) is 3.02. The first-order valence-electron chi connectivity index (χ1n) is 10.7. The maximum atomic E-state index is 4.72. The minimum absolute atomic E-state index is 0.970. The molecule has 0 aliphatic carbocycles. The molecule has 0 unspecified atom stereocenters. The standard InChI is InChI=1S/C30H20S2/c31-20-15-13-19(14-16-20)29-23-9-3-5-11-25(23)30(26-12-6-4-10-24(26)29)27-17-18-28(32)22-8-2-1-7-21(22)27/h1-18,31-32H. The number of fused-ring (bicyclic) bond motifs is 3. The summed E-state index contributed by atoms with van der Waals surface area (Å²) in [6.45, 7) is 0. The van der Waals surface area contributed by atoms with Gasteiger partial charge in [-0.3, -0.25) is 0 Å². The molecule has 0 aliphatic heterocycles. The van der Waals surface area contributed by atoms with Crippen molar-refractivity contribution in [3.05, 3.63) is 109 Å². The lowest BCUT2D eigenvalue weighted by molar-refractivity contribution is 1.48. The minimum Gasteiger partial charge on any atom is -0.143 e. The van der Waals surface area contributed by atoms with Gasteiger partial charge >= 0.3 is 0 Å². The molecule has 0 N–H and O–H groups in total. The van der Waals surface area contributed by atoms with Gasteiger partial charge in [-0.15, -0.1) is 25.3 Å². The van der Waals surface area contributed by atoms with Crippen LogP contribution < -0.4 is 0 Å². The van der Waals surface area contributed by atoms with Gasteiger partial charge in [0.05, 0.1) is 0 Å². The Hall–Kier alpha value is -3.20. The summed E-state index contributed by atoms with van der Waals surface area (Å²) in [5, 5.41) is 7.43. The van der Waals surface area contributed by atoms with Crippen LogP contribution in [-0.4, -0.2) is 0 Å². The molecule has 152 valence electrons. The second-order valence-electron chi connectivity index (χ2n) is 8.07. The van der Waals surface area contributed by atoms with E-state index >= 15 is 0 Å². The molecule has 6 aromatic carbocycles. The van der Waals surface area contributed by atoms with Crippen LogP contribution in [0.4, 0.5) is 0 Å². The summed E-state index contributed by atoms with van der Waals surface area (Å²) >= 11 is 9.21. The molecule has 0 bridgehead atoms. The zero-order chi connectivity index (χ0) is 21.7. The molecule has 0 radical (unpaired) electrons. The average Bonchev–Trinajstić information content (AvgIpc) is 2.84. The van der Waals surface area contributed by atoms with E-state index < -0.39 is 0 Å². The molecule has 2 heteroatoms. The van der Waals surface area contributed by atoms with Gasteiger partial charge in [-0.1, -0.05) is 91.0 Å². The average molecular weight is 445 g/mol. The highest BCUT2D eigenvalue weighted by molar-refractivity contribution is 7.80. The molecule has 32 heavy (non-hydrogen) atoms. The third-order valence-corrected chi connectivity index (χ3v) is 6.95. The molecule has 0 amide bonds. The van der Waals surface area contributed by atoms with Crippen LogP contribution in [-0.2, 0) is 0 Å². The molecule has 0 fully saturated rings. The predicted octanol–water partition coefficient (Wildman–Crippen LogP) is 9.06. The fourth-order valence-corrected chi connectivity index (χ4v) is 5.28. The lowest BCUT2D eigenvalue weighted by Gasteiger charge is -2.19. The van der Waals surface area contributed by atoms with E-state index in [1.165, 1.54) is 54.6 Å². The van der Waals surface area contributed by atoms with Crippen LogP contribution in [0.25, 0.3) is 54.6 Å². The van der Waals surface area contributed by atoms with Crippen molar-refractivity contribution in [2.45, 2.75) is 9.79 Å². The van der Waals surface area contributed by atoms with Gasteiger partial charge in [-0.05, 0) is 72.8 Å². The van der Waals surface area contributed by atoms with E-state index in [0.29, 0.717) is 0 Å². The molecule has 0 nitrogen and oxygen atoms in total. The van der Waals surface area contributed by atoms with Crippen LogP contribution in [0.5, 0.6) is 0 Å². The van der Waals surface area contributed by atoms with Crippen LogP contribution >= 0.6 is 25.3 Å². The van der Waals surface area contributed by atoms with Crippen LogP contribution in [0.1, 0.15) is 0 Å². The van der Waals surface area contributed by atoms with E-state index in [4.69, 9.17) is 12.6 Å². The van der Waals surface area contributed by atoms with Crippen molar-refractivity contribution < 1.29 is 0 Å². The number of rotatable bonds is 2. The van der Waals surface area contributed by atoms with Crippen molar-refractivity contribution >= 4 is 57.6 Å². The summed E-state index contributed by atoms with van der Waals surface area (Å²) in [4.78, 5) is 1.97. The monoisotopic (exact) mass is 444 g/mol. The van der Waals surface area contributed by atoms with E-state index in [2.05, 4.69) is 122 Å². The zero-order valence-corrected chi connectivity index (χ0v) is 19.1. The molecule has 0 saturated heterocycles. The van der Waals surface area contributed by atoms with Crippen LogP contribution in [0.3, 0.4) is 0 Å². The first-order chi connectivity index (χ1) is 15.7. The Balaban J connectivity index is 1.82. The molecule has 0 atom stereocenters. The summed E-state index contributed by atoms with van der Waals surface area (Å²) in [5.41, 5.74) is 4.99. The highest BCUT2D eigenvalue weighted by atomic mass is 32.1. The molecule has 0 aliphatic rings. The summed E-state index contributed by atoms with van der Waals surface area (Å²) < 4.78 is 0. The largest absolute Gasteiger partial charge is 0.143 e. The Kier molecular flexibility index (Phi) is 4.71. The first-order valence-corrected chi connectivity index (χ1v) is 11.6. The van der Waals surface area contributed by atoms with Crippen molar-refractivity contribution in [2.24, 2.45) is 0 Å². The summed E-state index contributed by atoms with van der Waals surface area (Å²) in [6, 6.07) is 38.8. The zero-order valence-electron chi connectivity index (χ0n) is 17.3. The van der Waals surface area contributed by atoms with E-state index in [1.54, 1.807) is 0 Å². The van der Waals surface area contributed by atoms with Gasteiger partial charge in [0.1, 0.15) is 0 Å². The minimum atomic E-state index is 0.970. The summed E-state index contributed by atoms with van der Waals surface area (Å²) in [7, 11) is 0. The Labute approximate surface area is 198 Å². The fourth-order valence-electron chi connectivity index (χ4n) is 4.86. The smallest absolute Gasteiger partial charge is 0.0119 e. The number of hydrogen-bond donors (Lipinski definition) is 2. The van der Waals surface area contributed by atoms with Crippen molar-refractivity contribution in [1.29, 1.82) is 0 Å². The third-order valence-electron chi connectivity index (χ3n) is 6.26. The van der Waals surface area contributed by atoms with Crippen LogP contribution in [0.15, 0.2) is 119 Å². The first kappa shape index (κ1) is 19.5. The second kappa shape index (κ2) is 7.74. The molecular weight excluding hydrogens is 424 g/mol. The second-order valence-corrected chi connectivity index (χ2v) is 9.06. The topological polar surface area (TPSA) is 0 Å². The van der Waals surface area contributed by atoms with Crippen LogP contribution in [0.2, 0.25) is 0 Å². The predicted molar refractivity (Wildman–Crippen MR) is 144 cm³/mol. The normalized spacial score (nSPS) is 11.4. The Bertz CT molecular complexity index is 1570. The van der Waals surface area contributed by atoms with Gasteiger partial charge in [0, 0.05) is 9.79 Å². The van der Waals surface area contributed by atoms with Gasteiger partial charge < -0.3 is 0 Å². The molecule has 0 heterocycles. The molecular formula is C30H20S2. The lowest BCUT2D eigenvalue weighted by atomic mass is 9.85. The molecule has 6 aromatic rings. The molecule has 0 aromatic heterocycles. The van der Waals surface area contributed by atoms with Crippen molar-refractivity contribution in [2.75, 3.05) is 0 Å². The molecule has 0 spiro atoms. The van der Waals surface area contributed by atoms with E-state index in [9.17, 15) is 0 Å². The van der Waals surface area contributed by atoms with Crippen molar-refractivity contribution in [1.82, 2.24) is 0 Å². The number of thiol groups is 2. The Morgan fingerprint density at radius 2 is 0.844 bits per heavy atom. The number of hydrogen-bond acceptors (Lipinski definition) is 2. The highest BCUT2D eigenvalue weighted by Crippen LogP contribution is 2.45. The SMILES string of the molecule is Sc1ccc(-c2c3ccccc3c(-c3ccc(S)c4ccccc34)c3ccccc23)cc1. The molecule has 6 rings (SSSR count). The maximum Gasteiger partial charge on any atom is 0.0119 e. The number of benzene rings is 6. The fraction of sp³-hybridized carbons (Fsp3) is 0. The Morgan fingerprint density at radius 3 is 1.41 bits per heavy atom. The summed E-state index contributed by atoms with van der Waals surface area (Å²) in [5.74, 6) is 0. The Morgan fingerprint density at radius 1 is 0.375 bits per heavy atom. The van der Waals surface area contributed by atoms with Gasteiger partial charge in [0.25, 0.3) is 0 Å². The lowest BCUT2D eigenvalue weighted by Crippen LogP contribution is -1.91. The van der Waals surface area contributed by atoms with E-state index in [-0.39, 0.29) is 0 Å². The maximum absolute atomic E-state index is 4.72. The van der Waals surface area contributed by atoms with Gasteiger partial charge in [-0.2, -0.15) is 0 Å². The summed E-state index contributed by atoms with van der Waals surface area (Å²) in [6.07, 6.45) is 0. The van der Waals surface area contributed by atoms with Gasteiger partial charge in [0.2, 0.25) is 0 Å². The highest BCUT2D eigenvalue weighted by Gasteiger charge is 2.17. The quantitative estimate of drug-likeness (QED) is 0.193. The van der Waals surface area contributed by atoms with Gasteiger partial charge in [-0.25, -0.2) is 0 Å². The van der Waals surface area contributed by atoms with E-state index in [0.717, 1.165) is 9.79 Å². The van der Waals surface area contributed by atoms with Gasteiger partial charge in [0.15, 0.2) is 0 Å². The van der Waals surface area contributed by atoms with Crippen molar-refractivity contribution in [3.8, 4) is 22.3 Å². The van der Waals surface area contributed by atoms with Crippen molar-refractivity contribution in [3.63, 3.8) is 0 Å². The van der Waals surface area contributed by atoms with Crippen LogP contribution in [0, 0.1) is 0 Å².